The minimum Gasteiger partial charge on any atom is -0.355 e. The van der Waals surface area contributed by atoms with Crippen molar-refractivity contribution in [3.05, 3.63) is 65.2 Å². The van der Waals surface area contributed by atoms with Gasteiger partial charge >= 0.3 is 0 Å². The van der Waals surface area contributed by atoms with Crippen LogP contribution in [-0.2, 0) is 16.4 Å². The number of benzene rings is 2. The smallest absolute Gasteiger partial charge is 0.191 e. The van der Waals surface area contributed by atoms with Crippen LogP contribution < -0.4 is 10.6 Å². The van der Waals surface area contributed by atoms with E-state index in [0.717, 1.165) is 5.56 Å². The molecule has 2 aromatic rings. The summed E-state index contributed by atoms with van der Waals surface area (Å²) in [5, 5.41) is 6.80. The molecule has 7 heteroatoms. The Morgan fingerprint density at radius 2 is 1.83 bits per heavy atom. The van der Waals surface area contributed by atoms with Gasteiger partial charge in [0.25, 0.3) is 0 Å². The molecule has 0 aromatic heterocycles. The molecule has 128 valence electrons. The van der Waals surface area contributed by atoms with Crippen molar-refractivity contribution in [1.82, 2.24) is 10.6 Å². The molecular formula is C17H20ClN3O2S. The molecule has 0 spiro atoms. The molecule has 0 saturated heterocycles. The van der Waals surface area contributed by atoms with Gasteiger partial charge in [0.05, 0.1) is 10.6 Å². The maximum atomic E-state index is 12.2. The summed E-state index contributed by atoms with van der Waals surface area (Å²) < 4.78 is 24.4. The van der Waals surface area contributed by atoms with E-state index in [1.807, 2.05) is 24.3 Å². The van der Waals surface area contributed by atoms with Gasteiger partial charge < -0.3 is 10.6 Å². The third-order valence-electron chi connectivity index (χ3n) is 3.34. The Balaban J connectivity index is 1.84. The highest BCUT2D eigenvalue weighted by Gasteiger charge is 2.13. The predicted octanol–water partition coefficient (Wildman–Crippen LogP) is 2.48. The van der Waals surface area contributed by atoms with Gasteiger partial charge in [0.1, 0.15) is 0 Å². The van der Waals surface area contributed by atoms with E-state index in [0.29, 0.717) is 22.4 Å². The number of rotatable bonds is 6. The molecule has 0 amide bonds. The van der Waals surface area contributed by atoms with Crippen LogP contribution in [0.5, 0.6) is 0 Å². The van der Waals surface area contributed by atoms with Crippen LogP contribution in [0.2, 0.25) is 5.02 Å². The standard InChI is InChI=1S/C17H20ClN3O2S/c1-19-17(21-13-14-6-5-7-15(18)12-14)20-10-11-24(22,23)16-8-3-2-4-9-16/h2-9,12H,10-11,13H2,1H3,(H2,19,20,21). The normalized spacial score (nSPS) is 12.0. The first-order valence-corrected chi connectivity index (χ1v) is 9.51. The molecule has 0 saturated carbocycles. The molecule has 24 heavy (non-hydrogen) atoms. The lowest BCUT2D eigenvalue weighted by Crippen LogP contribution is -2.39. The highest BCUT2D eigenvalue weighted by Crippen LogP contribution is 2.10. The SMILES string of the molecule is CN=C(NCCS(=O)(=O)c1ccccc1)NCc1cccc(Cl)c1. The van der Waals surface area contributed by atoms with Gasteiger partial charge in [-0.1, -0.05) is 41.9 Å². The lowest BCUT2D eigenvalue weighted by atomic mass is 10.2. The van der Waals surface area contributed by atoms with Crippen LogP contribution in [0.25, 0.3) is 0 Å². The minimum atomic E-state index is -3.30. The zero-order chi connectivity index (χ0) is 17.4. The van der Waals surface area contributed by atoms with Crippen molar-refractivity contribution >= 4 is 27.4 Å². The second kappa shape index (κ2) is 8.70. The molecule has 2 N–H and O–H groups in total. The van der Waals surface area contributed by atoms with Crippen molar-refractivity contribution in [3.63, 3.8) is 0 Å². The Hall–Kier alpha value is -2.05. The summed E-state index contributed by atoms with van der Waals surface area (Å²) in [5.74, 6) is 0.535. The van der Waals surface area contributed by atoms with E-state index in [-0.39, 0.29) is 12.3 Å². The van der Waals surface area contributed by atoms with Crippen LogP contribution in [-0.4, -0.2) is 33.7 Å². The van der Waals surface area contributed by atoms with Crippen molar-refractivity contribution in [2.75, 3.05) is 19.3 Å². The summed E-state index contributed by atoms with van der Waals surface area (Å²) in [6, 6.07) is 15.9. The van der Waals surface area contributed by atoms with Crippen molar-refractivity contribution in [1.29, 1.82) is 0 Å². The van der Waals surface area contributed by atoms with Crippen molar-refractivity contribution in [2.24, 2.45) is 4.99 Å². The number of hydrogen-bond donors (Lipinski definition) is 2. The Labute approximate surface area is 147 Å². The fourth-order valence-corrected chi connectivity index (χ4v) is 3.49. The molecule has 5 nitrogen and oxygen atoms in total. The monoisotopic (exact) mass is 365 g/mol. The largest absolute Gasteiger partial charge is 0.355 e. The van der Waals surface area contributed by atoms with Crippen molar-refractivity contribution in [3.8, 4) is 0 Å². The van der Waals surface area contributed by atoms with Gasteiger partial charge in [-0.2, -0.15) is 0 Å². The van der Waals surface area contributed by atoms with Crippen LogP contribution >= 0.6 is 11.6 Å². The van der Waals surface area contributed by atoms with Gasteiger partial charge in [-0.3, -0.25) is 4.99 Å². The predicted molar refractivity (Wildman–Crippen MR) is 98.1 cm³/mol. The summed E-state index contributed by atoms with van der Waals surface area (Å²) >= 11 is 5.95. The third-order valence-corrected chi connectivity index (χ3v) is 5.31. The minimum absolute atomic E-state index is 0.00508. The fourth-order valence-electron chi connectivity index (χ4n) is 2.10. The van der Waals surface area contributed by atoms with E-state index in [4.69, 9.17) is 11.6 Å². The molecule has 0 aliphatic rings. The summed E-state index contributed by atoms with van der Waals surface area (Å²) in [6.45, 7) is 0.818. The van der Waals surface area contributed by atoms with Gasteiger partial charge in [-0.15, -0.1) is 0 Å². The Kier molecular flexibility index (Phi) is 6.63. The fraction of sp³-hybridized carbons (Fsp3) is 0.235. The first-order chi connectivity index (χ1) is 11.5. The summed E-state index contributed by atoms with van der Waals surface area (Å²) in [6.07, 6.45) is 0. The van der Waals surface area contributed by atoms with Crippen LogP contribution in [0.4, 0.5) is 0 Å². The Bertz CT molecular complexity index is 792. The molecule has 0 fully saturated rings. The molecule has 2 rings (SSSR count). The molecule has 0 heterocycles. The maximum absolute atomic E-state index is 12.2. The average Bonchev–Trinajstić information content (AvgIpc) is 2.58. The van der Waals surface area contributed by atoms with E-state index in [9.17, 15) is 8.42 Å². The third kappa shape index (κ3) is 5.54. The topological polar surface area (TPSA) is 70.6 Å². The number of sulfone groups is 1. The van der Waals surface area contributed by atoms with E-state index in [2.05, 4.69) is 15.6 Å². The summed E-state index contributed by atoms with van der Waals surface area (Å²) in [5.41, 5.74) is 1.02. The average molecular weight is 366 g/mol. The van der Waals surface area contributed by atoms with Crippen LogP contribution in [0.1, 0.15) is 5.56 Å². The maximum Gasteiger partial charge on any atom is 0.191 e. The first-order valence-electron chi connectivity index (χ1n) is 7.48. The van der Waals surface area contributed by atoms with Crippen LogP contribution in [0, 0.1) is 0 Å². The zero-order valence-corrected chi connectivity index (χ0v) is 14.9. The molecular weight excluding hydrogens is 346 g/mol. The molecule has 2 aromatic carbocycles. The summed E-state index contributed by atoms with van der Waals surface area (Å²) in [7, 11) is -1.66. The molecule has 0 bridgehead atoms. The summed E-state index contributed by atoms with van der Waals surface area (Å²) in [4.78, 5) is 4.41. The van der Waals surface area contributed by atoms with Gasteiger partial charge in [0.2, 0.25) is 0 Å². The highest BCUT2D eigenvalue weighted by atomic mass is 35.5. The van der Waals surface area contributed by atoms with Crippen LogP contribution in [0.3, 0.4) is 0 Å². The van der Waals surface area contributed by atoms with Gasteiger partial charge in [-0.05, 0) is 29.8 Å². The van der Waals surface area contributed by atoms with Gasteiger partial charge in [-0.25, -0.2) is 8.42 Å². The number of aliphatic imine (C=N–C) groups is 1. The number of guanidine groups is 1. The lowest BCUT2D eigenvalue weighted by Gasteiger charge is -2.12. The number of nitrogens with one attached hydrogen (secondary N) is 2. The van der Waals surface area contributed by atoms with E-state index in [1.54, 1.807) is 37.4 Å². The number of nitrogens with zero attached hydrogens (tertiary/aromatic N) is 1. The zero-order valence-electron chi connectivity index (χ0n) is 13.4. The molecule has 0 aliphatic heterocycles. The Morgan fingerprint density at radius 3 is 2.50 bits per heavy atom. The molecule has 0 radical (unpaired) electrons. The molecule has 0 aliphatic carbocycles. The van der Waals surface area contributed by atoms with E-state index >= 15 is 0 Å². The van der Waals surface area contributed by atoms with Gasteiger partial charge in [0.15, 0.2) is 15.8 Å². The molecule has 0 unspecified atom stereocenters. The van der Waals surface area contributed by atoms with Gasteiger partial charge in [0, 0.05) is 25.2 Å². The number of halogens is 1. The Morgan fingerprint density at radius 1 is 1.08 bits per heavy atom. The number of hydrogen-bond acceptors (Lipinski definition) is 3. The van der Waals surface area contributed by atoms with E-state index < -0.39 is 9.84 Å². The highest BCUT2D eigenvalue weighted by molar-refractivity contribution is 7.91. The second-order valence-electron chi connectivity index (χ2n) is 5.11. The first kappa shape index (κ1) is 18.3. The van der Waals surface area contributed by atoms with E-state index in [1.165, 1.54) is 0 Å². The lowest BCUT2D eigenvalue weighted by molar-refractivity contribution is 0.594. The van der Waals surface area contributed by atoms with Crippen molar-refractivity contribution < 1.29 is 8.42 Å². The quantitative estimate of drug-likeness (QED) is 0.609. The van der Waals surface area contributed by atoms with Crippen molar-refractivity contribution in [2.45, 2.75) is 11.4 Å². The van der Waals surface area contributed by atoms with Crippen LogP contribution in [0.15, 0.2) is 64.5 Å². The second-order valence-corrected chi connectivity index (χ2v) is 7.66. The molecule has 0 atom stereocenters.